The van der Waals surface area contributed by atoms with Crippen molar-refractivity contribution in [1.29, 1.82) is 0 Å². The molecule has 0 unspecified atom stereocenters. The quantitative estimate of drug-likeness (QED) is 0.810. The average molecular weight is 317 g/mol. The number of morpholine rings is 1. The summed E-state index contributed by atoms with van der Waals surface area (Å²) in [5.41, 5.74) is 1.63. The fraction of sp³-hybridized carbons (Fsp3) is 0.500. The third kappa shape index (κ3) is 3.41. The van der Waals surface area contributed by atoms with Gasteiger partial charge in [-0.3, -0.25) is 4.90 Å². The highest BCUT2D eigenvalue weighted by atomic mass is 16.5. The highest BCUT2D eigenvalue weighted by molar-refractivity contribution is 5.96. The Hall–Kier alpha value is -1.85. The van der Waals surface area contributed by atoms with E-state index in [4.69, 9.17) is 13.9 Å². The first-order valence-electron chi connectivity index (χ1n) is 8.13. The van der Waals surface area contributed by atoms with Crippen LogP contribution in [0.25, 0.3) is 11.0 Å². The van der Waals surface area contributed by atoms with Gasteiger partial charge in [-0.15, -0.1) is 0 Å². The van der Waals surface area contributed by atoms with E-state index in [2.05, 4.69) is 18.7 Å². The molecule has 23 heavy (non-hydrogen) atoms. The number of hydrogen-bond donors (Lipinski definition) is 0. The van der Waals surface area contributed by atoms with Crippen LogP contribution >= 0.6 is 0 Å². The number of carbonyl (C=O) groups excluding carboxylic acids is 1. The van der Waals surface area contributed by atoms with Crippen LogP contribution in [0.2, 0.25) is 0 Å². The number of fused-ring (bicyclic) bond motifs is 1. The van der Waals surface area contributed by atoms with E-state index in [0.717, 1.165) is 29.6 Å². The molecule has 3 rings (SSSR count). The smallest absolute Gasteiger partial charge is 0.374 e. The fourth-order valence-corrected chi connectivity index (χ4v) is 3.25. The number of carbonyl (C=O) groups is 1. The lowest BCUT2D eigenvalue weighted by Crippen LogP contribution is -2.44. The molecule has 2 aromatic rings. The van der Waals surface area contributed by atoms with Crippen LogP contribution in [-0.2, 0) is 16.0 Å². The van der Waals surface area contributed by atoms with E-state index in [9.17, 15) is 4.79 Å². The molecule has 1 saturated heterocycles. The zero-order valence-corrected chi connectivity index (χ0v) is 13.9. The molecule has 1 aliphatic heterocycles. The van der Waals surface area contributed by atoms with Crippen LogP contribution in [0.1, 0.15) is 36.9 Å². The monoisotopic (exact) mass is 317 g/mol. The zero-order valence-electron chi connectivity index (χ0n) is 13.9. The summed E-state index contributed by atoms with van der Waals surface area (Å²) in [5.74, 6) is -0.0760. The zero-order chi connectivity index (χ0) is 16.4. The van der Waals surface area contributed by atoms with Crippen molar-refractivity contribution in [3.63, 3.8) is 0 Å². The summed E-state index contributed by atoms with van der Waals surface area (Å²) in [7, 11) is 0. The maximum Gasteiger partial charge on any atom is 0.374 e. The third-order valence-corrected chi connectivity index (χ3v) is 4.04. The van der Waals surface area contributed by atoms with Crippen molar-refractivity contribution in [2.45, 2.75) is 39.5 Å². The van der Waals surface area contributed by atoms with Gasteiger partial charge >= 0.3 is 5.97 Å². The number of rotatable bonds is 4. The molecule has 0 saturated carbocycles. The maximum absolute atomic E-state index is 12.2. The van der Waals surface area contributed by atoms with Gasteiger partial charge in [0.1, 0.15) is 5.58 Å². The van der Waals surface area contributed by atoms with E-state index in [0.29, 0.717) is 18.9 Å². The molecule has 1 aromatic heterocycles. The SMILES string of the molecule is CCOC(=O)c1oc2ccccc2c1CN1C[C@@H](C)O[C@@H](C)C1. The van der Waals surface area contributed by atoms with Gasteiger partial charge in [0.25, 0.3) is 0 Å². The number of furan rings is 1. The first-order valence-corrected chi connectivity index (χ1v) is 8.13. The Morgan fingerprint density at radius 1 is 1.26 bits per heavy atom. The van der Waals surface area contributed by atoms with Gasteiger partial charge in [-0.05, 0) is 26.8 Å². The van der Waals surface area contributed by atoms with Crippen LogP contribution < -0.4 is 0 Å². The molecule has 2 atom stereocenters. The Bertz CT molecular complexity index is 683. The van der Waals surface area contributed by atoms with Gasteiger partial charge in [0.05, 0.1) is 18.8 Å². The second kappa shape index (κ2) is 6.72. The van der Waals surface area contributed by atoms with E-state index < -0.39 is 5.97 Å². The number of ether oxygens (including phenoxy) is 2. The van der Waals surface area contributed by atoms with Crippen molar-refractivity contribution in [3.05, 3.63) is 35.6 Å². The van der Waals surface area contributed by atoms with Gasteiger partial charge in [-0.2, -0.15) is 0 Å². The summed E-state index contributed by atoms with van der Waals surface area (Å²) in [4.78, 5) is 14.6. The molecule has 1 aromatic carbocycles. The molecule has 0 aliphatic carbocycles. The first-order chi connectivity index (χ1) is 11.1. The van der Waals surface area contributed by atoms with Crippen molar-refractivity contribution in [3.8, 4) is 0 Å². The molecule has 0 spiro atoms. The van der Waals surface area contributed by atoms with Gasteiger partial charge < -0.3 is 13.9 Å². The van der Waals surface area contributed by atoms with Crippen molar-refractivity contribution in [1.82, 2.24) is 4.90 Å². The lowest BCUT2D eigenvalue weighted by molar-refractivity contribution is -0.0705. The molecule has 0 amide bonds. The lowest BCUT2D eigenvalue weighted by Gasteiger charge is -2.35. The molecule has 5 heteroatoms. The van der Waals surface area contributed by atoms with E-state index in [1.54, 1.807) is 6.92 Å². The van der Waals surface area contributed by atoms with E-state index >= 15 is 0 Å². The van der Waals surface area contributed by atoms with Gasteiger partial charge in [-0.25, -0.2) is 4.79 Å². The number of para-hydroxylation sites is 1. The molecule has 1 aliphatic rings. The molecule has 1 fully saturated rings. The van der Waals surface area contributed by atoms with E-state index in [1.807, 2.05) is 24.3 Å². The van der Waals surface area contributed by atoms with Gasteiger partial charge in [0.15, 0.2) is 0 Å². The molecule has 0 bridgehead atoms. The standard InChI is InChI=1S/C18H23NO4/c1-4-21-18(20)17-15(14-7-5-6-8-16(14)23-17)11-19-9-12(2)22-13(3)10-19/h5-8,12-13H,4,9-11H2,1-3H3/t12-,13+. The minimum atomic E-state index is -0.395. The summed E-state index contributed by atoms with van der Waals surface area (Å²) in [6, 6.07) is 7.74. The van der Waals surface area contributed by atoms with Crippen LogP contribution in [0.4, 0.5) is 0 Å². The van der Waals surface area contributed by atoms with Crippen molar-refractivity contribution >= 4 is 16.9 Å². The maximum atomic E-state index is 12.2. The lowest BCUT2D eigenvalue weighted by atomic mass is 10.1. The number of nitrogens with zero attached hydrogens (tertiary/aromatic N) is 1. The van der Waals surface area contributed by atoms with Crippen molar-refractivity contribution in [2.24, 2.45) is 0 Å². The molecule has 0 radical (unpaired) electrons. The summed E-state index contributed by atoms with van der Waals surface area (Å²) in [5, 5.41) is 0.974. The second-order valence-electron chi connectivity index (χ2n) is 6.08. The molecule has 5 nitrogen and oxygen atoms in total. The Morgan fingerprint density at radius 3 is 2.65 bits per heavy atom. The Balaban J connectivity index is 1.94. The van der Waals surface area contributed by atoms with Gasteiger partial charge in [0.2, 0.25) is 5.76 Å². The summed E-state index contributed by atoms with van der Waals surface area (Å²) >= 11 is 0. The van der Waals surface area contributed by atoms with Crippen molar-refractivity contribution < 1.29 is 18.7 Å². The molecular formula is C18H23NO4. The number of esters is 1. The predicted molar refractivity (Wildman–Crippen MR) is 87.5 cm³/mol. The van der Waals surface area contributed by atoms with Crippen LogP contribution in [0.5, 0.6) is 0 Å². The Labute approximate surface area is 136 Å². The van der Waals surface area contributed by atoms with Gasteiger partial charge in [-0.1, -0.05) is 18.2 Å². The van der Waals surface area contributed by atoms with Crippen LogP contribution in [0.15, 0.2) is 28.7 Å². The van der Waals surface area contributed by atoms with Crippen LogP contribution in [-0.4, -0.2) is 42.8 Å². The summed E-state index contributed by atoms with van der Waals surface area (Å²) in [6.45, 7) is 8.61. The van der Waals surface area contributed by atoms with E-state index in [-0.39, 0.29) is 12.2 Å². The third-order valence-electron chi connectivity index (χ3n) is 4.04. The highest BCUT2D eigenvalue weighted by Gasteiger charge is 2.27. The summed E-state index contributed by atoms with van der Waals surface area (Å²) in [6.07, 6.45) is 0.367. The van der Waals surface area contributed by atoms with Gasteiger partial charge in [0, 0.05) is 30.6 Å². The first kappa shape index (κ1) is 16.0. The Morgan fingerprint density at radius 2 is 1.96 bits per heavy atom. The fourth-order valence-electron chi connectivity index (χ4n) is 3.25. The second-order valence-corrected chi connectivity index (χ2v) is 6.08. The molecular weight excluding hydrogens is 294 g/mol. The average Bonchev–Trinajstić information content (AvgIpc) is 2.85. The highest BCUT2D eigenvalue weighted by Crippen LogP contribution is 2.28. The molecule has 2 heterocycles. The minimum absolute atomic E-state index is 0.183. The van der Waals surface area contributed by atoms with Crippen molar-refractivity contribution in [2.75, 3.05) is 19.7 Å². The predicted octanol–water partition coefficient (Wildman–Crippen LogP) is 3.22. The van der Waals surface area contributed by atoms with Crippen LogP contribution in [0, 0.1) is 0 Å². The van der Waals surface area contributed by atoms with Crippen LogP contribution in [0.3, 0.4) is 0 Å². The van der Waals surface area contributed by atoms with E-state index in [1.165, 1.54) is 0 Å². The normalized spacial score (nSPS) is 22.4. The number of hydrogen-bond acceptors (Lipinski definition) is 5. The minimum Gasteiger partial charge on any atom is -0.460 e. The Kier molecular flexibility index (Phi) is 4.68. The summed E-state index contributed by atoms with van der Waals surface area (Å²) < 4.78 is 16.7. The number of benzene rings is 1. The molecule has 124 valence electrons. The largest absolute Gasteiger partial charge is 0.460 e. The topological polar surface area (TPSA) is 51.9 Å². The molecule has 0 N–H and O–H groups in total.